The Hall–Kier alpha value is -1.64. The highest BCUT2D eigenvalue weighted by molar-refractivity contribution is 5.99. The molecule has 0 spiro atoms. The van der Waals surface area contributed by atoms with E-state index in [0.29, 0.717) is 12.3 Å². The van der Waals surface area contributed by atoms with Gasteiger partial charge in [0.15, 0.2) is 0 Å². The third-order valence-electron chi connectivity index (χ3n) is 4.59. The third kappa shape index (κ3) is 2.55. The number of piperidine rings is 1. The van der Waals surface area contributed by atoms with Crippen LogP contribution in [0, 0.1) is 17.8 Å². The van der Waals surface area contributed by atoms with Gasteiger partial charge < -0.3 is 0 Å². The third-order valence-corrected chi connectivity index (χ3v) is 4.59. The van der Waals surface area contributed by atoms with E-state index in [2.05, 4.69) is 17.4 Å². The Bertz CT molecular complexity index is 479. The molecule has 19 heavy (non-hydrogen) atoms. The topological polar surface area (TPSA) is 46.2 Å². The Morgan fingerprint density at radius 1 is 1.11 bits per heavy atom. The van der Waals surface area contributed by atoms with Gasteiger partial charge in [0.2, 0.25) is 11.8 Å². The zero-order valence-electron chi connectivity index (χ0n) is 11.0. The van der Waals surface area contributed by atoms with E-state index >= 15 is 0 Å². The Morgan fingerprint density at radius 2 is 1.84 bits per heavy atom. The van der Waals surface area contributed by atoms with Crippen molar-refractivity contribution in [3.8, 4) is 0 Å². The monoisotopic (exact) mass is 257 g/mol. The van der Waals surface area contributed by atoms with Gasteiger partial charge in [-0.15, -0.1) is 0 Å². The molecule has 2 amide bonds. The first-order valence-electron chi connectivity index (χ1n) is 7.11. The molecule has 0 radical (unpaired) electrons. The number of hydrogen-bond donors (Lipinski definition) is 1. The Morgan fingerprint density at radius 3 is 2.47 bits per heavy atom. The minimum Gasteiger partial charge on any atom is -0.296 e. The number of amides is 2. The standard InChI is InChI=1S/C16H19NO2/c18-15-10-13(12-7-4-8-12)14(16(19)17-15)9-11-5-2-1-3-6-11/h1-3,5-6,12-14H,4,7-10H2,(H,17,18,19). The van der Waals surface area contributed by atoms with Crippen molar-refractivity contribution in [2.45, 2.75) is 32.1 Å². The zero-order valence-corrected chi connectivity index (χ0v) is 11.0. The molecule has 1 saturated heterocycles. The van der Waals surface area contributed by atoms with Crippen molar-refractivity contribution in [2.24, 2.45) is 17.8 Å². The van der Waals surface area contributed by atoms with E-state index in [1.807, 2.05) is 18.2 Å². The quantitative estimate of drug-likeness (QED) is 0.845. The molecule has 0 aromatic heterocycles. The molecule has 2 fully saturated rings. The molecule has 2 aliphatic rings. The molecule has 1 aliphatic heterocycles. The summed E-state index contributed by atoms with van der Waals surface area (Å²) in [5.41, 5.74) is 1.18. The molecule has 3 nitrogen and oxygen atoms in total. The van der Waals surface area contributed by atoms with Crippen molar-refractivity contribution < 1.29 is 9.59 Å². The van der Waals surface area contributed by atoms with Crippen molar-refractivity contribution in [1.82, 2.24) is 5.32 Å². The van der Waals surface area contributed by atoms with Crippen LogP contribution in [0.3, 0.4) is 0 Å². The van der Waals surface area contributed by atoms with Crippen molar-refractivity contribution in [2.75, 3.05) is 0 Å². The summed E-state index contributed by atoms with van der Waals surface area (Å²) in [6, 6.07) is 10.1. The van der Waals surface area contributed by atoms with Crippen molar-refractivity contribution >= 4 is 11.8 Å². The van der Waals surface area contributed by atoms with Gasteiger partial charge in [-0.2, -0.15) is 0 Å². The highest BCUT2D eigenvalue weighted by Gasteiger charge is 2.41. The minimum atomic E-state index is -0.0915. The number of rotatable bonds is 3. The largest absolute Gasteiger partial charge is 0.296 e. The molecule has 1 saturated carbocycles. The molecule has 1 aromatic rings. The summed E-state index contributed by atoms with van der Waals surface area (Å²) in [5, 5.41) is 2.50. The molecular weight excluding hydrogens is 238 g/mol. The fourth-order valence-electron chi connectivity index (χ4n) is 3.31. The van der Waals surface area contributed by atoms with Gasteiger partial charge in [0.1, 0.15) is 0 Å². The number of nitrogens with one attached hydrogen (secondary N) is 1. The average Bonchev–Trinajstić information content (AvgIpc) is 2.33. The number of imide groups is 1. The summed E-state index contributed by atoms with van der Waals surface area (Å²) in [4.78, 5) is 23.7. The van der Waals surface area contributed by atoms with Crippen LogP contribution in [0.25, 0.3) is 0 Å². The van der Waals surface area contributed by atoms with Crippen LogP contribution in [0.1, 0.15) is 31.2 Å². The average molecular weight is 257 g/mol. The van der Waals surface area contributed by atoms with E-state index in [0.717, 1.165) is 6.42 Å². The maximum atomic E-state index is 12.1. The van der Waals surface area contributed by atoms with Crippen LogP contribution in [0.5, 0.6) is 0 Å². The van der Waals surface area contributed by atoms with Crippen LogP contribution >= 0.6 is 0 Å². The molecule has 3 heteroatoms. The lowest BCUT2D eigenvalue weighted by atomic mass is 9.66. The number of benzene rings is 1. The second kappa shape index (κ2) is 5.16. The lowest BCUT2D eigenvalue weighted by molar-refractivity contribution is -0.141. The molecular formula is C16H19NO2. The second-order valence-corrected chi connectivity index (χ2v) is 5.77. The van der Waals surface area contributed by atoms with E-state index in [-0.39, 0.29) is 23.7 Å². The van der Waals surface area contributed by atoms with Gasteiger partial charge in [0.25, 0.3) is 0 Å². The van der Waals surface area contributed by atoms with Crippen LogP contribution in [-0.4, -0.2) is 11.8 Å². The minimum absolute atomic E-state index is 0.0367. The van der Waals surface area contributed by atoms with Crippen molar-refractivity contribution in [1.29, 1.82) is 0 Å². The summed E-state index contributed by atoms with van der Waals surface area (Å²) < 4.78 is 0. The second-order valence-electron chi connectivity index (χ2n) is 5.77. The number of hydrogen-bond acceptors (Lipinski definition) is 2. The van der Waals surface area contributed by atoms with Crippen LogP contribution in [0.2, 0.25) is 0 Å². The Balaban J connectivity index is 1.78. The van der Waals surface area contributed by atoms with E-state index in [1.165, 1.54) is 24.8 Å². The van der Waals surface area contributed by atoms with Gasteiger partial charge in [0, 0.05) is 12.3 Å². The summed E-state index contributed by atoms with van der Waals surface area (Å²) >= 11 is 0. The summed E-state index contributed by atoms with van der Waals surface area (Å²) in [7, 11) is 0. The summed E-state index contributed by atoms with van der Waals surface area (Å²) in [5.74, 6) is 0.618. The van der Waals surface area contributed by atoms with E-state index in [4.69, 9.17) is 0 Å². The molecule has 1 N–H and O–H groups in total. The van der Waals surface area contributed by atoms with Crippen LogP contribution in [0.4, 0.5) is 0 Å². The van der Waals surface area contributed by atoms with Crippen molar-refractivity contribution in [3.63, 3.8) is 0 Å². The van der Waals surface area contributed by atoms with Crippen LogP contribution in [-0.2, 0) is 16.0 Å². The summed E-state index contributed by atoms with van der Waals surface area (Å²) in [6.07, 6.45) is 4.87. The Kier molecular flexibility index (Phi) is 3.36. The fourth-order valence-corrected chi connectivity index (χ4v) is 3.31. The molecule has 1 heterocycles. The predicted octanol–water partition coefficient (Wildman–Crippen LogP) is 2.31. The molecule has 1 aliphatic carbocycles. The zero-order chi connectivity index (χ0) is 13.2. The molecule has 2 unspecified atom stereocenters. The van der Waals surface area contributed by atoms with Gasteiger partial charge in [-0.3, -0.25) is 14.9 Å². The molecule has 2 atom stereocenters. The van der Waals surface area contributed by atoms with E-state index < -0.39 is 0 Å². The maximum Gasteiger partial charge on any atom is 0.230 e. The van der Waals surface area contributed by atoms with Gasteiger partial charge in [-0.05, 0) is 23.8 Å². The first kappa shape index (κ1) is 12.4. The molecule has 100 valence electrons. The molecule has 3 rings (SSSR count). The normalized spacial score (nSPS) is 27.8. The highest BCUT2D eigenvalue weighted by atomic mass is 16.2. The fraction of sp³-hybridized carbons (Fsp3) is 0.500. The molecule has 1 aromatic carbocycles. The SMILES string of the molecule is O=C1CC(C2CCC2)C(Cc2ccccc2)C(=O)N1. The summed E-state index contributed by atoms with van der Waals surface area (Å²) in [6.45, 7) is 0. The smallest absolute Gasteiger partial charge is 0.230 e. The first-order chi connectivity index (χ1) is 9.24. The maximum absolute atomic E-state index is 12.1. The van der Waals surface area contributed by atoms with Crippen LogP contribution < -0.4 is 5.32 Å². The predicted molar refractivity (Wildman–Crippen MR) is 72.2 cm³/mol. The lowest BCUT2D eigenvalue weighted by Crippen LogP contribution is -2.49. The number of carbonyl (C=O) groups is 2. The van der Waals surface area contributed by atoms with Gasteiger partial charge in [-0.1, -0.05) is 49.6 Å². The highest BCUT2D eigenvalue weighted by Crippen LogP contribution is 2.41. The van der Waals surface area contributed by atoms with Crippen LogP contribution in [0.15, 0.2) is 30.3 Å². The van der Waals surface area contributed by atoms with E-state index in [9.17, 15) is 9.59 Å². The van der Waals surface area contributed by atoms with Gasteiger partial charge in [-0.25, -0.2) is 0 Å². The molecule has 0 bridgehead atoms. The van der Waals surface area contributed by atoms with Crippen molar-refractivity contribution in [3.05, 3.63) is 35.9 Å². The van der Waals surface area contributed by atoms with E-state index in [1.54, 1.807) is 0 Å². The van der Waals surface area contributed by atoms with Gasteiger partial charge >= 0.3 is 0 Å². The Labute approximate surface area is 113 Å². The lowest BCUT2D eigenvalue weighted by Gasteiger charge is -2.40. The number of carbonyl (C=O) groups excluding carboxylic acids is 2. The first-order valence-corrected chi connectivity index (χ1v) is 7.11. The van der Waals surface area contributed by atoms with Gasteiger partial charge in [0.05, 0.1) is 0 Å².